The highest BCUT2D eigenvalue weighted by molar-refractivity contribution is 5.83. The normalized spacial score (nSPS) is 10.5. The van der Waals surface area contributed by atoms with Gasteiger partial charge in [0.2, 0.25) is 0 Å². The van der Waals surface area contributed by atoms with Crippen LogP contribution in [0.3, 0.4) is 0 Å². The summed E-state index contributed by atoms with van der Waals surface area (Å²) in [5, 5.41) is 17.0. The Morgan fingerprint density at radius 2 is 2.09 bits per heavy atom. The predicted octanol–water partition coefficient (Wildman–Crippen LogP) is 1.76. The summed E-state index contributed by atoms with van der Waals surface area (Å²) in [7, 11) is 1.57. The van der Waals surface area contributed by atoms with E-state index in [-0.39, 0.29) is 24.1 Å². The smallest absolute Gasteiger partial charge is 0.433 e. The molecule has 120 valence electrons. The van der Waals surface area contributed by atoms with Gasteiger partial charge < -0.3 is 14.5 Å². The van der Waals surface area contributed by atoms with Crippen LogP contribution < -0.4 is 15.5 Å². The number of hydrogen-bond acceptors (Lipinski definition) is 7. The van der Waals surface area contributed by atoms with Gasteiger partial charge in [0.25, 0.3) is 5.91 Å². The van der Waals surface area contributed by atoms with Gasteiger partial charge in [-0.1, -0.05) is 0 Å². The first kappa shape index (κ1) is 16.0. The summed E-state index contributed by atoms with van der Waals surface area (Å²) in [6.07, 6.45) is 1.18. The van der Waals surface area contributed by atoms with Crippen molar-refractivity contribution in [2.45, 2.75) is 0 Å². The largest absolute Gasteiger partial charge is 0.497 e. The molecule has 9 heteroatoms. The van der Waals surface area contributed by atoms with Crippen LogP contribution in [0.4, 0.5) is 11.6 Å². The highest BCUT2D eigenvalue weighted by atomic mass is 16.6. The molecule has 1 heterocycles. The van der Waals surface area contributed by atoms with E-state index in [2.05, 4.69) is 15.8 Å². The van der Waals surface area contributed by atoms with Crippen molar-refractivity contribution in [3.63, 3.8) is 0 Å². The molecule has 2 aromatic rings. The number of carbonyl (C=O) groups is 1. The lowest BCUT2D eigenvalue weighted by Crippen LogP contribution is -2.25. The lowest BCUT2D eigenvalue weighted by molar-refractivity contribution is -0.402. The molecule has 2 N–H and O–H groups in total. The summed E-state index contributed by atoms with van der Waals surface area (Å²) in [6.45, 7) is 0.0158. The number of benzene rings is 1. The van der Waals surface area contributed by atoms with Crippen LogP contribution in [-0.2, 0) is 4.79 Å². The molecule has 0 radical (unpaired) electrons. The minimum atomic E-state index is -0.658. The molecule has 1 aromatic heterocycles. The number of carbonyl (C=O) groups excluding carboxylic acids is 1. The maximum absolute atomic E-state index is 11.6. The van der Waals surface area contributed by atoms with E-state index in [0.29, 0.717) is 0 Å². The summed E-state index contributed by atoms with van der Waals surface area (Å²) in [4.78, 5) is 21.4. The van der Waals surface area contributed by atoms with Gasteiger partial charge in [-0.15, -0.1) is 0 Å². The fourth-order valence-corrected chi connectivity index (χ4v) is 1.61. The average molecular weight is 318 g/mol. The second-order valence-electron chi connectivity index (χ2n) is 4.31. The van der Waals surface area contributed by atoms with E-state index < -0.39 is 4.92 Å². The van der Waals surface area contributed by atoms with E-state index in [1.165, 1.54) is 18.3 Å². The minimum Gasteiger partial charge on any atom is -0.497 e. The second kappa shape index (κ2) is 7.59. The monoisotopic (exact) mass is 318 g/mol. The third-order valence-electron chi connectivity index (χ3n) is 2.72. The highest BCUT2D eigenvalue weighted by Gasteiger charge is 2.10. The first-order valence-corrected chi connectivity index (χ1v) is 6.52. The number of methoxy groups -OCH3 is 1. The molecule has 0 saturated heterocycles. The van der Waals surface area contributed by atoms with Gasteiger partial charge in [-0.05, 0) is 30.3 Å². The molecule has 1 aromatic carbocycles. The molecule has 0 aliphatic rings. The third kappa shape index (κ3) is 4.84. The lowest BCUT2D eigenvalue weighted by atomic mass is 10.3. The summed E-state index contributed by atoms with van der Waals surface area (Å²) < 4.78 is 9.88. The van der Waals surface area contributed by atoms with Crippen LogP contribution in [0, 0.1) is 10.1 Å². The Morgan fingerprint density at radius 3 is 2.70 bits per heavy atom. The van der Waals surface area contributed by atoms with Gasteiger partial charge in [-0.25, -0.2) is 5.43 Å². The van der Waals surface area contributed by atoms with Crippen LogP contribution in [0.15, 0.2) is 45.9 Å². The highest BCUT2D eigenvalue weighted by Crippen LogP contribution is 2.15. The van der Waals surface area contributed by atoms with E-state index >= 15 is 0 Å². The van der Waals surface area contributed by atoms with E-state index in [0.717, 1.165) is 11.4 Å². The summed E-state index contributed by atoms with van der Waals surface area (Å²) in [6, 6.07) is 9.66. The molecule has 0 spiro atoms. The van der Waals surface area contributed by atoms with Crippen molar-refractivity contribution in [2.24, 2.45) is 5.10 Å². The van der Waals surface area contributed by atoms with Crippen LogP contribution in [0.1, 0.15) is 5.76 Å². The molecule has 0 unspecified atom stereocenters. The van der Waals surface area contributed by atoms with Gasteiger partial charge in [-0.2, -0.15) is 5.10 Å². The molecule has 9 nitrogen and oxygen atoms in total. The van der Waals surface area contributed by atoms with E-state index in [1.54, 1.807) is 31.4 Å². The number of anilines is 1. The minimum absolute atomic E-state index is 0.0158. The van der Waals surface area contributed by atoms with Gasteiger partial charge in [0, 0.05) is 5.69 Å². The maximum atomic E-state index is 11.6. The van der Waals surface area contributed by atoms with E-state index in [4.69, 9.17) is 9.15 Å². The molecule has 0 bridgehead atoms. The standard InChI is InChI=1S/C14H14N4O5/c1-22-11-4-2-10(3-5-11)15-9-13(19)17-16-8-12-6-7-14(23-12)18(20)21/h2-8,15H,9H2,1H3,(H,17,19)/b16-8-. The Labute approximate surface area is 131 Å². The molecule has 0 aliphatic heterocycles. The average Bonchev–Trinajstić information content (AvgIpc) is 3.02. The quantitative estimate of drug-likeness (QED) is 0.456. The number of hydrogen-bond donors (Lipinski definition) is 2. The van der Waals surface area contributed by atoms with Gasteiger partial charge in [0.15, 0.2) is 5.76 Å². The molecule has 2 rings (SSSR count). The van der Waals surface area contributed by atoms with E-state index in [1.807, 2.05) is 0 Å². The van der Waals surface area contributed by atoms with Crippen molar-refractivity contribution in [1.29, 1.82) is 0 Å². The van der Waals surface area contributed by atoms with Crippen LogP contribution in [0.5, 0.6) is 5.75 Å². The molecular formula is C14H14N4O5. The number of amides is 1. The Balaban J connectivity index is 1.77. The molecule has 0 aliphatic carbocycles. The summed E-state index contributed by atoms with van der Waals surface area (Å²) >= 11 is 0. The number of furan rings is 1. The van der Waals surface area contributed by atoms with E-state index in [9.17, 15) is 14.9 Å². The fourth-order valence-electron chi connectivity index (χ4n) is 1.61. The predicted molar refractivity (Wildman–Crippen MR) is 82.6 cm³/mol. The van der Waals surface area contributed by atoms with Crippen LogP contribution in [0.25, 0.3) is 0 Å². The maximum Gasteiger partial charge on any atom is 0.433 e. The van der Waals surface area contributed by atoms with Crippen molar-refractivity contribution in [3.05, 3.63) is 52.3 Å². The molecule has 1 amide bonds. The Bertz CT molecular complexity index is 708. The van der Waals surface area contributed by atoms with Gasteiger partial charge >= 0.3 is 5.88 Å². The van der Waals surface area contributed by atoms with Crippen molar-refractivity contribution in [1.82, 2.24) is 5.43 Å². The SMILES string of the molecule is COc1ccc(NCC(=O)N/N=C\c2ccc([N+](=O)[O-])o2)cc1. The van der Waals surface area contributed by atoms with Gasteiger partial charge in [0.05, 0.1) is 25.9 Å². The zero-order valence-corrected chi connectivity index (χ0v) is 12.2. The van der Waals surface area contributed by atoms with Crippen molar-refractivity contribution in [3.8, 4) is 5.75 Å². The molecule has 0 saturated carbocycles. The number of hydrazone groups is 1. The van der Waals surface area contributed by atoms with Gasteiger partial charge in [0.1, 0.15) is 10.7 Å². The van der Waals surface area contributed by atoms with Crippen LogP contribution in [-0.4, -0.2) is 30.7 Å². The lowest BCUT2D eigenvalue weighted by Gasteiger charge is -2.06. The molecular weight excluding hydrogens is 304 g/mol. The van der Waals surface area contributed by atoms with Crippen LogP contribution in [0.2, 0.25) is 0 Å². The number of nitrogens with one attached hydrogen (secondary N) is 2. The third-order valence-corrected chi connectivity index (χ3v) is 2.72. The first-order valence-electron chi connectivity index (χ1n) is 6.52. The Kier molecular flexibility index (Phi) is 5.29. The number of rotatable bonds is 7. The van der Waals surface area contributed by atoms with Crippen LogP contribution >= 0.6 is 0 Å². The number of nitrogens with zero attached hydrogens (tertiary/aromatic N) is 2. The molecule has 0 atom stereocenters. The first-order chi connectivity index (χ1) is 11.1. The van der Waals surface area contributed by atoms with Crippen molar-refractivity contribution < 1.29 is 18.9 Å². The zero-order chi connectivity index (χ0) is 16.7. The molecule has 23 heavy (non-hydrogen) atoms. The van der Waals surface area contributed by atoms with Crippen molar-refractivity contribution in [2.75, 3.05) is 19.0 Å². The summed E-state index contributed by atoms with van der Waals surface area (Å²) in [5.74, 6) is 0.120. The number of ether oxygens (including phenoxy) is 1. The zero-order valence-electron chi connectivity index (χ0n) is 12.2. The van der Waals surface area contributed by atoms with Gasteiger partial charge in [-0.3, -0.25) is 14.9 Å². The fraction of sp³-hybridized carbons (Fsp3) is 0.143. The van der Waals surface area contributed by atoms with Crippen molar-refractivity contribution >= 4 is 23.7 Å². The Morgan fingerprint density at radius 1 is 1.35 bits per heavy atom. The number of nitro groups is 1. The Hall–Kier alpha value is -3.36. The second-order valence-corrected chi connectivity index (χ2v) is 4.31. The topological polar surface area (TPSA) is 119 Å². The molecule has 0 fully saturated rings. The summed E-state index contributed by atoms with van der Waals surface area (Å²) in [5.41, 5.74) is 3.03.